The number of anilines is 1. The third-order valence-corrected chi connectivity index (χ3v) is 3.38. The van der Waals surface area contributed by atoms with Crippen molar-refractivity contribution in [1.29, 1.82) is 0 Å². The molecule has 5 nitrogen and oxygen atoms in total. The number of carbonyl (C=O) groups excluding carboxylic acids is 2. The summed E-state index contributed by atoms with van der Waals surface area (Å²) in [6.45, 7) is 0. The fraction of sp³-hybridized carbons (Fsp3) is 0.214. The third kappa shape index (κ3) is 3.89. The van der Waals surface area contributed by atoms with Crippen LogP contribution in [-0.4, -0.2) is 24.0 Å². The molecule has 0 bridgehead atoms. The Hall–Kier alpha value is -2.21. The first-order valence-electron chi connectivity index (χ1n) is 6.05. The SMILES string of the molecule is COC(=O)c1ccc(CCC(=O)Nc2nccs2)cc1. The molecule has 1 aromatic carbocycles. The van der Waals surface area contributed by atoms with Gasteiger partial charge in [0.15, 0.2) is 5.13 Å². The lowest BCUT2D eigenvalue weighted by molar-refractivity contribution is -0.116. The molecule has 0 aliphatic carbocycles. The van der Waals surface area contributed by atoms with Crippen LogP contribution in [0.15, 0.2) is 35.8 Å². The lowest BCUT2D eigenvalue weighted by Gasteiger charge is -2.03. The van der Waals surface area contributed by atoms with Crippen LogP contribution in [0.4, 0.5) is 5.13 Å². The van der Waals surface area contributed by atoms with Crippen LogP contribution in [-0.2, 0) is 16.0 Å². The number of methoxy groups -OCH3 is 1. The molecule has 2 rings (SSSR count). The summed E-state index contributed by atoms with van der Waals surface area (Å²) in [5.74, 6) is -0.435. The predicted octanol–water partition coefficient (Wildman–Crippen LogP) is 2.50. The number of hydrogen-bond donors (Lipinski definition) is 1. The third-order valence-electron chi connectivity index (χ3n) is 2.69. The number of carbonyl (C=O) groups is 2. The van der Waals surface area contributed by atoms with E-state index in [0.717, 1.165) is 5.56 Å². The average molecular weight is 290 g/mol. The molecule has 0 atom stereocenters. The summed E-state index contributed by atoms with van der Waals surface area (Å²) in [6, 6.07) is 7.03. The van der Waals surface area contributed by atoms with Gasteiger partial charge >= 0.3 is 5.97 Å². The van der Waals surface area contributed by atoms with Gasteiger partial charge in [-0.15, -0.1) is 11.3 Å². The first-order valence-corrected chi connectivity index (χ1v) is 6.93. The molecule has 0 spiro atoms. The molecule has 0 saturated carbocycles. The van der Waals surface area contributed by atoms with Gasteiger partial charge in [0.2, 0.25) is 5.91 Å². The Bertz CT molecular complexity index is 579. The number of benzene rings is 1. The number of rotatable bonds is 5. The molecule has 6 heteroatoms. The van der Waals surface area contributed by atoms with Crippen molar-refractivity contribution in [3.63, 3.8) is 0 Å². The number of nitrogens with one attached hydrogen (secondary N) is 1. The Labute approximate surface area is 120 Å². The van der Waals surface area contributed by atoms with Crippen LogP contribution < -0.4 is 5.32 Å². The summed E-state index contributed by atoms with van der Waals surface area (Å²) in [6.07, 6.45) is 2.63. The van der Waals surface area contributed by atoms with Gasteiger partial charge < -0.3 is 10.1 Å². The highest BCUT2D eigenvalue weighted by atomic mass is 32.1. The van der Waals surface area contributed by atoms with Gasteiger partial charge in [-0.25, -0.2) is 9.78 Å². The van der Waals surface area contributed by atoms with Crippen molar-refractivity contribution in [1.82, 2.24) is 4.98 Å². The molecule has 0 saturated heterocycles. The Balaban J connectivity index is 1.84. The van der Waals surface area contributed by atoms with E-state index < -0.39 is 0 Å². The first kappa shape index (κ1) is 14.2. The Kier molecular flexibility index (Phi) is 4.84. The highest BCUT2D eigenvalue weighted by Gasteiger charge is 2.07. The van der Waals surface area contributed by atoms with Gasteiger partial charge in [0.25, 0.3) is 0 Å². The summed E-state index contributed by atoms with van der Waals surface area (Å²) in [7, 11) is 1.35. The van der Waals surface area contributed by atoms with Gasteiger partial charge in [-0.3, -0.25) is 4.79 Å². The van der Waals surface area contributed by atoms with Crippen molar-refractivity contribution in [3.8, 4) is 0 Å². The lowest BCUT2D eigenvalue weighted by Crippen LogP contribution is -2.12. The zero-order valence-electron chi connectivity index (χ0n) is 11.0. The topological polar surface area (TPSA) is 68.3 Å². The molecular formula is C14H14N2O3S. The van der Waals surface area contributed by atoms with E-state index in [1.165, 1.54) is 18.4 Å². The lowest BCUT2D eigenvalue weighted by atomic mass is 10.1. The summed E-state index contributed by atoms with van der Waals surface area (Å²) in [4.78, 5) is 26.9. The maximum Gasteiger partial charge on any atom is 0.337 e. The van der Waals surface area contributed by atoms with Crippen molar-refractivity contribution in [2.24, 2.45) is 0 Å². The minimum absolute atomic E-state index is 0.0722. The van der Waals surface area contributed by atoms with Crippen molar-refractivity contribution >= 4 is 28.3 Å². The van der Waals surface area contributed by atoms with E-state index in [2.05, 4.69) is 15.0 Å². The van der Waals surface area contributed by atoms with E-state index in [1.807, 2.05) is 12.1 Å². The molecular weight excluding hydrogens is 276 g/mol. The number of esters is 1. The number of nitrogens with zero attached hydrogens (tertiary/aromatic N) is 1. The molecule has 1 N–H and O–H groups in total. The van der Waals surface area contributed by atoms with Gasteiger partial charge in [0.05, 0.1) is 12.7 Å². The highest BCUT2D eigenvalue weighted by Crippen LogP contribution is 2.12. The standard InChI is InChI=1S/C14H14N2O3S/c1-19-13(18)11-5-2-10(3-6-11)4-7-12(17)16-14-15-8-9-20-14/h2-3,5-6,8-9H,4,7H2,1H3,(H,15,16,17). The van der Waals surface area contributed by atoms with E-state index >= 15 is 0 Å². The highest BCUT2D eigenvalue weighted by molar-refractivity contribution is 7.13. The van der Waals surface area contributed by atoms with Crippen LogP contribution in [0.1, 0.15) is 22.3 Å². The molecule has 0 radical (unpaired) electrons. The second-order valence-electron chi connectivity index (χ2n) is 4.07. The van der Waals surface area contributed by atoms with E-state index in [1.54, 1.807) is 23.7 Å². The molecule has 1 amide bonds. The first-order chi connectivity index (χ1) is 9.69. The van der Waals surface area contributed by atoms with E-state index in [4.69, 9.17) is 0 Å². The van der Waals surface area contributed by atoms with Crippen LogP contribution in [0.3, 0.4) is 0 Å². The van der Waals surface area contributed by atoms with Crippen molar-refractivity contribution < 1.29 is 14.3 Å². The summed E-state index contributed by atoms with van der Waals surface area (Å²) < 4.78 is 4.62. The zero-order chi connectivity index (χ0) is 14.4. The molecule has 0 aliphatic rings. The molecule has 1 aromatic heterocycles. The Morgan fingerprint density at radius 2 is 2.05 bits per heavy atom. The summed E-state index contributed by atoms with van der Waals surface area (Å²) in [5, 5.41) is 5.14. The normalized spacial score (nSPS) is 10.1. The van der Waals surface area contributed by atoms with E-state index in [-0.39, 0.29) is 11.9 Å². The second kappa shape index (κ2) is 6.81. The fourth-order valence-corrected chi connectivity index (χ4v) is 2.20. The molecule has 0 unspecified atom stereocenters. The molecule has 104 valence electrons. The van der Waals surface area contributed by atoms with Gasteiger partial charge in [-0.1, -0.05) is 12.1 Å². The summed E-state index contributed by atoms with van der Waals surface area (Å²) in [5.41, 5.74) is 1.50. The van der Waals surface area contributed by atoms with E-state index in [9.17, 15) is 9.59 Å². The molecule has 0 fully saturated rings. The van der Waals surface area contributed by atoms with Crippen molar-refractivity contribution in [2.45, 2.75) is 12.8 Å². The van der Waals surface area contributed by atoms with Crippen molar-refractivity contribution in [3.05, 3.63) is 47.0 Å². The van der Waals surface area contributed by atoms with Crippen LogP contribution in [0.5, 0.6) is 0 Å². The van der Waals surface area contributed by atoms with Gasteiger partial charge in [-0.2, -0.15) is 0 Å². The predicted molar refractivity (Wildman–Crippen MR) is 76.8 cm³/mol. The van der Waals surface area contributed by atoms with Crippen LogP contribution in [0, 0.1) is 0 Å². The van der Waals surface area contributed by atoms with Crippen LogP contribution in [0.25, 0.3) is 0 Å². The quantitative estimate of drug-likeness (QED) is 0.859. The van der Waals surface area contributed by atoms with Crippen molar-refractivity contribution in [2.75, 3.05) is 12.4 Å². The van der Waals surface area contributed by atoms with Gasteiger partial charge in [0, 0.05) is 18.0 Å². The number of thiazole rings is 1. The van der Waals surface area contributed by atoms with Crippen LogP contribution >= 0.6 is 11.3 Å². The minimum Gasteiger partial charge on any atom is -0.465 e. The Morgan fingerprint density at radius 1 is 1.30 bits per heavy atom. The Morgan fingerprint density at radius 3 is 2.65 bits per heavy atom. The smallest absolute Gasteiger partial charge is 0.337 e. The monoisotopic (exact) mass is 290 g/mol. The molecule has 0 aliphatic heterocycles. The minimum atomic E-state index is -0.363. The number of hydrogen-bond acceptors (Lipinski definition) is 5. The molecule has 1 heterocycles. The average Bonchev–Trinajstić information content (AvgIpc) is 2.97. The summed E-state index contributed by atoms with van der Waals surface area (Å²) >= 11 is 1.39. The maximum absolute atomic E-state index is 11.7. The van der Waals surface area contributed by atoms with Crippen LogP contribution in [0.2, 0.25) is 0 Å². The zero-order valence-corrected chi connectivity index (χ0v) is 11.8. The number of ether oxygens (including phenoxy) is 1. The number of aryl methyl sites for hydroxylation is 1. The number of amides is 1. The largest absolute Gasteiger partial charge is 0.465 e. The number of aromatic nitrogens is 1. The van der Waals surface area contributed by atoms with Gasteiger partial charge in [-0.05, 0) is 24.1 Å². The van der Waals surface area contributed by atoms with E-state index in [0.29, 0.717) is 23.5 Å². The van der Waals surface area contributed by atoms with Gasteiger partial charge in [0.1, 0.15) is 0 Å². The molecule has 20 heavy (non-hydrogen) atoms. The fourth-order valence-electron chi connectivity index (χ4n) is 1.65. The second-order valence-corrected chi connectivity index (χ2v) is 4.97. The maximum atomic E-state index is 11.7. The molecule has 2 aromatic rings.